The lowest BCUT2D eigenvalue weighted by Crippen LogP contribution is -1.98. The summed E-state index contributed by atoms with van der Waals surface area (Å²) < 4.78 is 0. The minimum Gasteiger partial charge on any atom is -0.132 e. The second-order valence-corrected chi connectivity index (χ2v) is 5.62. The van der Waals surface area contributed by atoms with Crippen LogP contribution in [0.5, 0.6) is 0 Å². The van der Waals surface area contributed by atoms with Crippen LogP contribution < -0.4 is 0 Å². The Kier molecular flexibility index (Phi) is 2.91. The lowest BCUT2D eigenvalue weighted by molar-refractivity contribution is 0.873. The number of hydrogen-bond donors (Lipinski definition) is 0. The summed E-state index contributed by atoms with van der Waals surface area (Å²) in [5.41, 5.74) is 4.32. The van der Waals surface area contributed by atoms with E-state index < -0.39 is 0 Å². The van der Waals surface area contributed by atoms with E-state index in [9.17, 15) is 0 Å². The van der Waals surface area contributed by atoms with Crippen molar-refractivity contribution in [3.8, 4) is 0 Å². The molecule has 0 bridgehead atoms. The highest BCUT2D eigenvalue weighted by Crippen LogP contribution is 2.45. The molecule has 0 nitrogen and oxygen atoms in total. The molecule has 1 unspecified atom stereocenters. The van der Waals surface area contributed by atoms with Crippen LogP contribution in [0.2, 0.25) is 0 Å². The number of allylic oxidation sites excluding steroid dienone is 1. The molecule has 85 valence electrons. The molecule has 1 heterocycles. The first-order valence-corrected chi connectivity index (χ1v) is 7.29. The van der Waals surface area contributed by atoms with Crippen molar-refractivity contribution in [2.24, 2.45) is 0 Å². The molecule has 17 heavy (non-hydrogen) atoms. The normalized spacial score (nSPS) is 15.2. The van der Waals surface area contributed by atoms with Crippen molar-refractivity contribution in [3.63, 3.8) is 0 Å². The van der Waals surface area contributed by atoms with Crippen LogP contribution in [0.4, 0.5) is 0 Å². The summed E-state index contributed by atoms with van der Waals surface area (Å²) in [5.74, 6) is 3.81. The third-order valence-electron chi connectivity index (χ3n) is 3.30. The zero-order valence-electron chi connectivity index (χ0n) is 10.0. The van der Waals surface area contributed by atoms with Crippen LogP contribution in [0.1, 0.15) is 36.2 Å². The van der Waals surface area contributed by atoms with Gasteiger partial charge in [0, 0.05) is 5.92 Å². The summed E-state index contributed by atoms with van der Waals surface area (Å²) in [6.45, 7) is 2.26. The van der Waals surface area contributed by atoms with Gasteiger partial charge in [0.2, 0.25) is 0 Å². The van der Waals surface area contributed by atoms with Crippen molar-refractivity contribution in [2.75, 3.05) is 0 Å². The molecule has 1 radical (unpaired) electrons. The van der Waals surface area contributed by atoms with Crippen LogP contribution >= 0.6 is 8.19 Å². The minimum absolute atomic E-state index is 0.843. The second kappa shape index (κ2) is 4.55. The van der Waals surface area contributed by atoms with Gasteiger partial charge in [-0.3, -0.25) is 0 Å². The molecule has 1 aliphatic carbocycles. The van der Waals surface area contributed by atoms with Gasteiger partial charge in [0.1, 0.15) is 0 Å². The van der Waals surface area contributed by atoms with E-state index in [4.69, 9.17) is 0 Å². The van der Waals surface area contributed by atoms with Crippen LogP contribution in [0.3, 0.4) is 0 Å². The molecule has 2 aromatic rings. The molecule has 1 heteroatoms. The average Bonchev–Trinajstić information content (AvgIpc) is 2.97. The van der Waals surface area contributed by atoms with Gasteiger partial charge in [0.05, 0.1) is 0 Å². The maximum absolute atomic E-state index is 2.37. The van der Waals surface area contributed by atoms with E-state index in [1.54, 1.807) is 5.92 Å². The number of fused-ring (bicyclic) bond motifs is 1. The molecule has 1 aromatic carbocycles. The molecular formula is C16H16P. The third-order valence-corrected chi connectivity index (χ3v) is 4.41. The summed E-state index contributed by atoms with van der Waals surface area (Å²) in [6.07, 6.45) is 4.77. The molecule has 1 aromatic heterocycles. The van der Waals surface area contributed by atoms with E-state index in [1.807, 2.05) is 0 Å². The first kappa shape index (κ1) is 10.9. The minimum atomic E-state index is 0.843. The summed E-state index contributed by atoms with van der Waals surface area (Å²) in [4.78, 5) is 0. The molecule has 1 aliphatic rings. The van der Waals surface area contributed by atoms with E-state index in [0.717, 1.165) is 8.19 Å². The molecule has 0 amide bonds. The number of benzene rings is 1. The molecule has 3 rings (SSSR count). The maximum Gasteiger partial charge on any atom is 0.0355 e. The van der Waals surface area contributed by atoms with Gasteiger partial charge < -0.3 is 0 Å². The van der Waals surface area contributed by atoms with Gasteiger partial charge >= 0.3 is 0 Å². The van der Waals surface area contributed by atoms with Gasteiger partial charge in [0.25, 0.3) is 0 Å². The molecule has 0 fully saturated rings. The van der Waals surface area contributed by atoms with Crippen LogP contribution in [0, 0.1) is 5.92 Å². The van der Waals surface area contributed by atoms with Crippen LogP contribution in [-0.4, -0.2) is 0 Å². The Balaban J connectivity index is 2.06. The number of hydrogen-bond acceptors (Lipinski definition) is 0. The van der Waals surface area contributed by atoms with Gasteiger partial charge in [0.15, 0.2) is 0 Å². The van der Waals surface area contributed by atoms with Crippen molar-refractivity contribution in [2.45, 2.75) is 19.8 Å². The molecule has 0 saturated heterocycles. The first-order valence-electron chi connectivity index (χ1n) is 6.21. The fourth-order valence-corrected chi connectivity index (χ4v) is 3.49. The summed E-state index contributed by atoms with van der Waals surface area (Å²) in [7, 11) is 0.843. The lowest BCUT2D eigenvalue weighted by Gasteiger charge is -2.14. The van der Waals surface area contributed by atoms with Gasteiger partial charge in [-0.05, 0) is 40.3 Å². The molecule has 0 spiro atoms. The van der Waals surface area contributed by atoms with E-state index in [2.05, 4.69) is 55.2 Å². The van der Waals surface area contributed by atoms with Crippen molar-refractivity contribution in [1.82, 2.24) is 0 Å². The quantitative estimate of drug-likeness (QED) is 0.707. The van der Waals surface area contributed by atoms with Crippen molar-refractivity contribution < 1.29 is 0 Å². The summed E-state index contributed by atoms with van der Waals surface area (Å²) in [6, 6.07) is 13.2. The Morgan fingerprint density at radius 2 is 1.94 bits per heavy atom. The molecular weight excluding hydrogens is 223 g/mol. The smallest absolute Gasteiger partial charge is 0.0355 e. The number of rotatable bonds is 3. The Morgan fingerprint density at radius 3 is 2.71 bits per heavy atom. The fraction of sp³-hybridized carbons (Fsp3) is 0.188. The van der Waals surface area contributed by atoms with Crippen LogP contribution in [0.25, 0.3) is 11.6 Å². The molecule has 0 aliphatic heterocycles. The average molecular weight is 239 g/mol. The van der Waals surface area contributed by atoms with E-state index in [-0.39, 0.29) is 0 Å². The third kappa shape index (κ3) is 1.87. The molecule has 0 saturated carbocycles. The molecule has 1 atom stereocenters. The lowest BCUT2D eigenvalue weighted by atomic mass is 9.91. The first-order chi connectivity index (χ1) is 8.40. The van der Waals surface area contributed by atoms with E-state index >= 15 is 0 Å². The Hall–Kier alpha value is -1.26. The summed E-state index contributed by atoms with van der Waals surface area (Å²) >= 11 is 0. The van der Waals surface area contributed by atoms with Crippen LogP contribution in [0.15, 0.2) is 42.2 Å². The van der Waals surface area contributed by atoms with E-state index in [1.165, 1.54) is 34.8 Å². The van der Waals surface area contributed by atoms with Gasteiger partial charge in [-0.1, -0.05) is 49.7 Å². The van der Waals surface area contributed by atoms with E-state index in [0.29, 0.717) is 0 Å². The monoisotopic (exact) mass is 239 g/mol. The largest absolute Gasteiger partial charge is 0.132 e. The standard InChI is InChI=1S/C16H16P/c1-2-6-14-13-8-4-3-7-12(13)11-15(14)16-9-5-10-17-16/h3-5,7-11,17H,2,6H2,1H3. The Bertz CT molecular complexity index is 534. The van der Waals surface area contributed by atoms with Gasteiger partial charge in [-0.2, -0.15) is 0 Å². The topological polar surface area (TPSA) is 0 Å². The second-order valence-electron chi connectivity index (χ2n) is 4.46. The predicted molar refractivity (Wildman–Crippen MR) is 77.5 cm³/mol. The highest BCUT2D eigenvalue weighted by atomic mass is 31.0. The van der Waals surface area contributed by atoms with Crippen molar-refractivity contribution in [3.05, 3.63) is 64.5 Å². The molecule has 0 N–H and O–H groups in total. The van der Waals surface area contributed by atoms with Gasteiger partial charge in [-0.25, -0.2) is 0 Å². The zero-order valence-corrected chi connectivity index (χ0v) is 11.0. The van der Waals surface area contributed by atoms with Crippen molar-refractivity contribution >= 4 is 19.8 Å². The van der Waals surface area contributed by atoms with Crippen molar-refractivity contribution in [1.29, 1.82) is 0 Å². The highest BCUT2D eigenvalue weighted by Gasteiger charge is 2.25. The fourth-order valence-electron chi connectivity index (χ4n) is 2.54. The van der Waals surface area contributed by atoms with Crippen LogP contribution in [-0.2, 0) is 0 Å². The SMILES string of the molecule is CCC[C]1C(c2ccc[pH]2)=Cc2ccccc21. The Labute approximate surface area is 104 Å². The van der Waals surface area contributed by atoms with Gasteiger partial charge in [-0.15, -0.1) is 8.19 Å². The predicted octanol–water partition coefficient (Wildman–Crippen LogP) is 4.99. The highest BCUT2D eigenvalue weighted by molar-refractivity contribution is 7.31. The summed E-state index contributed by atoms with van der Waals surface area (Å²) in [5, 5.41) is 1.50. The zero-order chi connectivity index (χ0) is 11.7. The Morgan fingerprint density at radius 1 is 1.06 bits per heavy atom. The maximum atomic E-state index is 2.37.